The zero-order valence-electron chi connectivity index (χ0n) is 10.8. The number of hydrogen-bond acceptors (Lipinski definition) is 4. The van der Waals surface area contributed by atoms with Gasteiger partial charge in [-0.2, -0.15) is 5.10 Å². The van der Waals surface area contributed by atoms with E-state index in [2.05, 4.69) is 15.5 Å². The van der Waals surface area contributed by atoms with Gasteiger partial charge in [-0.3, -0.25) is 4.79 Å². The van der Waals surface area contributed by atoms with Crippen molar-refractivity contribution in [1.29, 1.82) is 0 Å². The first-order valence-corrected chi connectivity index (χ1v) is 7.30. The second kappa shape index (κ2) is 7.15. The molecule has 22 heavy (non-hydrogen) atoms. The molecule has 2 rings (SSSR count). The van der Waals surface area contributed by atoms with Crippen molar-refractivity contribution in [3.8, 4) is 0 Å². The highest BCUT2D eigenvalue weighted by Gasteiger charge is 2.19. The number of nitrogen functional groups attached to an aromatic ring is 1. The average Bonchev–Trinajstić information content (AvgIpc) is 2.50. The van der Waals surface area contributed by atoms with E-state index in [0.29, 0.717) is 5.02 Å². The van der Waals surface area contributed by atoms with Crippen molar-refractivity contribution in [1.82, 2.24) is 10.4 Å². The Balaban J connectivity index is 2.15. The lowest BCUT2D eigenvalue weighted by atomic mass is 10.2. The van der Waals surface area contributed by atoms with E-state index < -0.39 is 5.91 Å². The van der Waals surface area contributed by atoms with Crippen molar-refractivity contribution in [2.75, 3.05) is 5.73 Å². The van der Waals surface area contributed by atoms with Gasteiger partial charge in [0.15, 0.2) is 10.8 Å². The predicted molar refractivity (Wildman–Crippen MR) is 90.2 cm³/mol. The van der Waals surface area contributed by atoms with Gasteiger partial charge in [0, 0.05) is 5.02 Å². The molecule has 1 aromatic heterocycles. The fourth-order valence-corrected chi connectivity index (χ4v) is 2.17. The van der Waals surface area contributed by atoms with E-state index in [-0.39, 0.29) is 26.6 Å². The quantitative estimate of drug-likeness (QED) is 0.481. The van der Waals surface area contributed by atoms with Crippen LogP contribution in [0.3, 0.4) is 0 Å². The van der Waals surface area contributed by atoms with Crippen molar-refractivity contribution in [3.63, 3.8) is 0 Å². The van der Waals surface area contributed by atoms with Crippen molar-refractivity contribution >= 4 is 64.2 Å². The van der Waals surface area contributed by atoms with Gasteiger partial charge in [-0.15, -0.1) is 0 Å². The van der Waals surface area contributed by atoms with E-state index in [4.69, 9.17) is 52.1 Å². The Morgan fingerprint density at radius 2 is 1.77 bits per heavy atom. The van der Waals surface area contributed by atoms with Gasteiger partial charge in [0.1, 0.15) is 5.02 Å². The summed E-state index contributed by atoms with van der Waals surface area (Å²) in [5.74, 6) is -0.666. The molecule has 0 saturated heterocycles. The van der Waals surface area contributed by atoms with Crippen molar-refractivity contribution in [2.24, 2.45) is 5.10 Å². The van der Waals surface area contributed by atoms with Crippen LogP contribution in [0.4, 0.5) is 5.69 Å². The van der Waals surface area contributed by atoms with Gasteiger partial charge in [-0.25, -0.2) is 10.4 Å². The number of carbonyl (C=O) groups is 1. The largest absolute Gasteiger partial charge is 0.396 e. The van der Waals surface area contributed by atoms with E-state index in [0.717, 1.165) is 5.56 Å². The summed E-state index contributed by atoms with van der Waals surface area (Å²) in [5, 5.41) is 4.18. The molecular formula is C13H8Cl4N4O. The standard InChI is InChI=1S/C13H8Cl4N4O/c14-7-3-1-6(2-4-7)5-19-21-13(22)11-8(15)10(18)9(16)12(17)20-11/h1-5H,(H2,18,20)(H,21,22)/b19-5+. The summed E-state index contributed by atoms with van der Waals surface area (Å²) < 4.78 is 0. The van der Waals surface area contributed by atoms with Crippen LogP contribution in [0, 0.1) is 0 Å². The highest BCUT2D eigenvalue weighted by Crippen LogP contribution is 2.34. The number of nitrogens with two attached hydrogens (primary N) is 1. The van der Waals surface area contributed by atoms with Gasteiger partial charge in [0.05, 0.1) is 16.9 Å². The van der Waals surface area contributed by atoms with Crippen LogP contribution >= 0.6 is 46.4 Å². The summed E-state index contributed by atoms with van der Waals surface area (Å²) in [6, 6.07) is 6.87. The first-order valence-electron chi connectivity index (χ1n) is 5.79. The topological polar surface area (TPSA) is 80.4 Å². The highest BCUT2D eigenvalue weighted by molar-refractivity contribution is 6.46. The van der Waals surface area contributed by atoms with Crippen LogP contribution in [0.1, 0.15) is 16.1 Å². The van der Waals surface area contributed by atoms with E-state index in [1.807, 2.05) is 0 Å². The number of pyridine rings is 1. The Labute approximate surface area is 146 Å². The second-order valence-electron chi connectivity index (χ2n) is 4.04. The summed E-state index contributed by atoms with van der Waals surface area (Å²) in [6.07, 6.45) is 1.43. The Bertz CT molecular complexity index is 747. The molecule has 1 amide bonds. The monoisotopic (exact) mass is 376 g/mol. The lowest BCUT2D eigenvalue weighted by Gasteiger charge is -2.07. The van der Waals surface area contributed by atoms with Crippen LogP contribution in [0.5, 0.6) is 0 Å². The number of halogens is 4. The molecule has 0 unspecified atom stereocenters. The van der Waals surface area contributed by atoms with Crippen molar-refractivity contribution < 1.29 is 4.79 Å². The molecule has 2 aromatic rings. The minimum absolute atomic E-state index is 0.00659. The lowest BCUT2D eigenvalue weighted by Crippen LogP contribution is -2.20. The third kappa shape index (κ3) is 3.81. The van der Waals surface area contributed by atoms with Gasteiger partial charge < -0.3 is 5.73 Å². The third-order valence-electron chi connectivity index (χ3n) is 2.54. The molecule has 1 heterocycles. The number of nitrogens with one attached hydrogen (secondary N) is 1. The molecule has 1 aromatic carbocycles. The number of rotatable bonds is 3. The van der Waals surface area contributed by atoms with Gasteiger partial charge in [0.25, 0.3) is 5.91 Å². The number of hydrazone groups is 1. The molecule has 0 aliphatic carbocycles. The second-order valence-corrected chi connectivity index (χ2v) is 5.59. The Kier molecular flexibility index (Phi) is 5.47. The molecule has 0 aliphatic heterocycles. The zero-order chi connectivity index (χ0) is 16.3. The molecule has 0 spiro atoms. The van der Waals surface area contributed by atoms with Crippen LogP contribution < -0.4 is 11.2 Å². The molecule has 0 bridgehead atoms. The average molecular weight is 378 g/mol. The normalized spacial score (nSPS) is 10.9. The van der Waals surface area contributed by atoms with Crippen molar-refractivity contribution in [2.45, 2.75) is 0 Å². The van der Waals surface area contributed by atoms with Crippen molar-refractivity contribution in [3.05, 3.63) is 55.7 Å². The third-order valence-corrected chi connectivity index (χ3v) is 3.92. The molecule has 3 N–H and O–H groups in total. The summed E-state index contributed by atoms with van der Waals surface area (Å²) in [4.78, 5) is 15.8. The Morgan fingerprint density at radius 3 is 2.41 bits per heavy atom. The minimum atomic E-state index is -0.666. The highest BCUT2D eigenvalue weighted by atomic mass is 35.5. The zero-order valence-corrected chi connectivity index (χ0v) is 13.8. The van der Waals surface area contributed by atoms with Crippen LogP contribution in [-0.4, -0.2) is 17.1 Å². The number of hydrogen-bond donors (Lipinski definition) is 2. The number of aromatic nitrogens is 1. The first-order chi connectivity index (χ1) is 10.4. The number of benzene rings is 1. The first kappa shape index (κ1) is 16.8. The molecule has 9 heteroatoms. The maximum Gasteiger partial charge on any atom is 0.291 e. The fourth-order valence-electron chi connectivity index (χ4n) is 1.45. The van der Waals surface area contributed by atoms with E-state index in [9.17, 15) is 4.79 Å². The van der Waals surface area contributed by atoms with Crippen LogP contribution in [0.25, 0.3) is 0 Å². The molecule has 0 aliphatic rings. The van der Waals surface area contributed by atoms with Crippen LogP contribution in [0.15, 0.2) is 29.4 Å². The maximum atomic E-state index is 12.0. The predicted octanol–water partition coefficient (Wildman–Crippen LogP) is 4.04. The summed E-state index contributed by atoms with van der Waals surface area (Å²) in [7, 11) is 0. The number of nitrogens with zero attached hydrogens (tertiary/aromatic N) is 2. The van der Waals surface area contributed by atoms with Gasteiger partial charge in [-0.05, 0) is 17.7 Å². The summed E-state index contributed by atoms with van der Waals surface area (Å²) in [5.41, 5.74) is 8.47. The SMILES string of the molecule is Nc1c(Cl)c(Cl)nc(C(=O)N/N=C/c2ccc(Cl)cc2)c1Cl. The fraction of sp³-hybridized carbons (Fsp3) is 0. The van der Waals surface area contributed by atoms with E-state index in [1.54, 1.807) is 24.3 Å². The maximum absolute atomic E-state index is 12.0. The van der Waals surface area contributed by atoms with Gasteiger partial charge in [0.2, 0.25) is 0 Å². The molecular weight excluding hydrogens is 370 g/mol. The van der Waals surface area contributed by atoms with Crippen LogP contribution in [0.2, 0.25) is 20.2 Å². The van der Waals surface area contributed by atoms with Crippen LogP contribution in [-0.2, 0) is 0 Å². The van der Waals surface area contributed by atoms with E-state index >= 15 is 0 Å². The smallest absolute Gasteiger partial charge is 0.291 e. The Morgan fingerprint density at radius 1 is 1.14 bits per heavy atom. The summed E-state index contributed by atoms with van der Waals surface area (Å²) >= 11 is 23.2. The van der Waals surface area contributed by atoms with Gasteiger partial charge in [-0.1, -0.05) is 58.5 Å². The van der Waals surface area contributed by atoms with E-state index in [1.165, 1.54) is 6.21 Å². The lowest BCUT2D eigenvalue weighted by molar-refractivity contribution is 0.0950. The molecule has 114 valence electrons. The molecule has 0 radical (unpaired) electrons. The number of carbonyl (C=O) groups excluding carboxylic acids is 1. The number of amides is 1. The van der Waals surface area contributed by atoms with Gasteiger partial charge >= 0.3 is 0 Å². The molecule has 0 atom stereocenters. The summed E-state index contributed by atoms with van der Waals surface area (Å²) in [6.45, 7) is 0. The molecule has 0 fully saturated rings. The molecule has 0 saturated carbocycles. The molecule has 5 nitrogen and oxygen atoms in total. The number of anilines is 1. The minimum Gasteiger partial charge on any atom is -0.396 e. The Hall–Kier alpha value is -1.53.